The van der Waals surface area contributed by atoms with Crippen LogP contribution >= 0.6 is 0 Å². The molecule has 0 saturated carbocycles. The van der Waals surface area contributed by atoms with Crippen LogP contribution in [-0.4, -0.2) is 39.8 Å². The molecule has 8 nitrogen and oxygen atoms in total. The van der Waals surface area contributed by atoms with Crippen molar-refractivity contribution in [2.75, 3.05) is 13.7 Å². The molecule has 0 aliphatic heterocycles. The van der Waals surface area contributed by atoms with Crippen LogP contribution in [0.3, 0.4) is 0 Å². The first-order chi connectivity index (χ1) is 15.0. The molecule has 0 unspecified atom stereocenters. The summed E-state index contributed by atoms with van der Waals surface area (Å²) >= 11 is 0. The van der Waals surface area contributed by atoms with Crippen LogP contribution < -0.4 is 15.0 Å². The van der Waals surface area contributed by atoms with Crippen LogP contribution in [0.5, 0.6) is 11.6 Å². The molecule has 0 aliphatic rings. The van der Waals surface area contributed by atoms with E-state index in [-0.39, 0.29) is 11.8 Å². The summed E-state index contributed by atoms with van der Waals surface area (Å²) in [7, 11) is 1.37. The first kappa shape index (κ1) is 22.4. The standard InChI is InChI=1S/C22H25FN4O4/c1-14-17-9-15(16-10-18(23)22(30-2)24-12-16)11-19(21(17)26-13-25-14)31-8-6-4-3-5-7-20(28)27-29/h9-13,29H,3-8H2,1-2H3,(H,27,28). The molecular weight excluding hydrogens is 403 g/mol. The van der Waals surface area contributed by atoms with Crippen LogP contribution in [0.2, 0.25) is 0 Å². The van der Waals surface area contributed by atoms with Crippen molar-refractivity contribution in [3.8, 4) is 22.8 Å². The number of aromatic nitrogens is 3. The van der Waals surface area contributed by atoms with E-state index in [9.17, 15) is 9.18 Å². The normalized spacial score (nSPS) is 10.8. The summed E-state index contributed by atoms with van der Waals surface area (Å²) in [6.45, 7) is 2.36. The number of hydroxylamine groups is 1. The van der Waals surface area contributed by atoms with E-state index in [1.54, 1.807) is 11.7 Å². The zero-order chi connectivity index (χ0) is 22.2. The van der Waals surface area contributed by atoms with Crippen LogP contribution in [0.1, 0.15) is 37.8 Å². The van der Waals surface area contributed by atoms with Crippen LogP contribution in [0.25, 0.3) is 22.0 Å². The number of aryl methyl sites for hydroxylation is 1. The number of nitrogens with one attached hydrogen (secondary N) is 1. The molecule has 0 saturated heterocycles. The Kier molecular flexibility index (Phi) is 7.66. The Morgan fingerprint density at radius 1 is 1.10 bits per heavy atom. The Balaban J connectivity index is 1.75. The summed E-state index contributed by atoms with van der Waals surface area (Å²) in [5.74, 6) is -0.386. The predicted octanol–water partition coefficient (Wildman–Crippen LogP) is 3.98. The highest BCUT2D eigenvalue weighted by Gasteiger charge is 2.13. The van der Waals surface area contributed by atoms with Gasteiger partial charge in [-0.3, -0.25) is 10.0 Å². The molecule has 2 N–H and O–H groups in total. The van der Waals surface area contributed by atoms with Gasteiger partial charge in [-0.15, -0.1) is 0 Å². The summed E-state index contributed by atoms with van der Waals surface area (Å²) in [5.41, 5.74) is 4.45. The lowest BCUT2D eigenvalue weighted by molar-refractivity contribution is -0.129. The first-order valence-corrected chi connectivity index (χ1v) is 10.0. The molecule has 0 fully saturated rings. The fraction of sp³-hybridized carbons (Fsp3) is 0.364. The van der Waals surface area contributed by atoms with Gasteiger partial charge in [0.1, 0.15) is 17.6 Å². The number of rotatable bonds is 10. The molecule has 31 heavy (non-hydrogen) atoms. The monoisotopic (exact) mass is 428 g/mol. The lowest BCUT2D eigenvalue weighted by Crippen LogP contribution is -2.17. The lowest BCUT2D eigenvalue weighted by Gasteiger charge is -2.13. The Morgan fingerprint density at radius 2 is 1.90 bits per heavy atom. The molecule has 1 aromatic carbocycles. The quantitative estimate of drug-likeness (QED) is 0.286. The van der Waals surface area contributed by atoms with Crippen LogP contribution in [0.4, 0.5) is 4.39 Å². The number of carbonyl (C=O) groups is 1. The summed E-state index contributed by atoms with van der Waals surface area (Å²) in [4.78, 5) is 23.6. The smallest absolute Gasteiger partial charge is 0.250 e. The van der Waals surface area contributed by atoms with Gasteiger partial charge in [-0.1, -0.05) is 12.8 Å². The average Bonchev–Trinajstić information content (AvgIpc) is 2.78. The molecule has 3 rings (SSSR count). The van der Waals surface area contributed by atoms with Gasteiger partial charge in [-0.05, 0) is 43.5 Å². The molecule has 2 aromatic heterocycles. The largest absolute Gasteiger partial charge is 0.491 e. The Bertz CT molecular complexity index is 1060. The number of ether oxygens (including phenoxy) is 2. The Labute approximate surface area is 179 Å². The zero-order valence-corrected chi connectivity index (χ0v) is 17.5. The van der Waals surface area contributed by atoms with Gasteiger partial charge in [0.15, 0.2) is 5.82 Å². The number of unbranched alkanes of at least 4 members (excludes halogenated alkanes) is 3. The van der Waals surface area contributed by atoms with E-state index < -0.39 is 5.82 Å². The molecule has 0 bridgehead atoms. The average molecular weight is 428 g/mol. The minimum absolute atomic E-state index is 0.0583. The third-order valence-electron chi connectivity index (χ3n) is 4.92. The van der Waals surface area contributed by atoms with E-state index >= 15 is 0 Å². The van der Waals surface area contributed by atoms with Crippen LogP contribution in [0.15, 0.2) is 30.7 Å². The Hall–Kier alpha value is -3.33. The van der Waals surface area contributed by atoms with Crippen molar-refractivity contribution in [1.82, 2.24) is 20.4 Å². The fourth-order valence-corrected chi connectivity index (χ4v) is 3.25. The van der Waals surface area contributed by atoms with Gasteiger partial charge >= 0.3 is 0 Å². The number of hydrogen-bond acceptors (Lipinski definition) is 7. The van der Waals surface area contributed by atoms with Gasteiger partial charge in [-0.2, -0.15) is 0 Å². The maximum absolute atomic E-state index is 14.2. The second kappa shape index (κ2) is 10.6. The molecule has 0 atom stereocenters. The lowest BCUT2D eigenvalue weighted by atomic mass is 10.0. The molecule has 2 heterocycles. The molecular formula is C22H25FN4O4. The number of nitrogens with zero attached hydrogens (tertiary/aromatic N) is 3. The maximum Gasteiger partial charge on any atom is 0.250 e. The number of benzene rings is 1. The molecule has 164 valence electrons. The summed E-state index contributed by atoms with van der Waals surface area (Å²) in [5, 5.41) is 9.31. The second-order valence-electron chi connectivity index (χ2n) is 7.09. The topological polar surface area (TPSA) is 106 Å². The SMILES string of the molecule is COc1ncc(-c2cc(OCCCCCCC(=O)NO)c3ncnc(C)c3c2)cc1F. The van der Waals surface area contributed by atoms with Crippen molar-refractivity contribution in [1.29, 1.82) is 0 Å². The maximum atomic E-state index is 14.2. The minimum atomic E-state index is -0.543. The van der Waals surface area contributed by atoms with Gasteiger partial charge in [0.25, 0.3) is 0 Å². The van der Waals surface area contributed by atoms with Crippen molar-refractivity contribution in [2.24, 2.45) is 0 Å². The molecule has 3 aromatic rings. The molecule has 1 amide bonds. The number of pyridine rings is 1. The van der Waals surface area contributed by atoms with Gasteiger partial charge < -0.3 is 9.47 Å². The van der Waals surface area contributed by atoms with Crippen molar-refractivity contribution in [3.05, 3.63) is 42.2 Å². The van der Waals surface area contributed by atoms with E-state index in [2.05, 4.69) is 15.0 Å². The first-order valence-electron chi connectivity index (χ1n) is 10.0. The van der Waals surface area contributed by atoms with E-state index in [0.717, 1.165) is 35.9 Å². The number of hydrogen-bond donors (Lipinski definition) is 2. The van der Waals surface area contributed by atoms with Gasteiger partial charge in [0, 0.05) is 29.3 Å². The van der Waals surface area contributed by atoms with Gasteiger partial charge in [0.2, 0.25) is 11.8 Å². The van der Waals surface area contributed by atoms with Crippen molar-refractivity contribution >= 4 is 16.8 Å². The summed E-state index contributed by atoms with van der Waals surface area (Å²) in [6, 6.07) is 5.09. The second-order valence-corrected chi connectivity index (χ2v) is 7.09. The van der Waals surface area contributed by atoms with E-state index in [0.29, 0.717) is 36.3 Å². The molecule has 0 radical (unpaired) electrons. The third kappa shape index (κ3) is 5.64. The van der Waals surface area contributed by atoms with Crippen molar-refractivity contribution in [2.45, 2.75) is 39.0 Å². The van der Waals surface area contributed by atoms with E-state index in [1.807, 2.05) is 19.1 Å². The number of halogens is 1. The zero-order valence-electron chi connectivity index (χ0n) is 17.5. The molecule has 0 aliphatic carbocycles. The van der Waals surface area contributed by atoms with Crippen LogP contribution in [0, 0.1) is 12.7 Å². The molecule has 9 heteroatoms. The van der Waals surface area contributed by atoms with E-state index in [4.69, 9.17) is 14.7 Å². The highest BCUT2D eigenvalue weighted by Crippen LogP contribution is 2.33. The highest BCUT2D eigenvalue weighted by molar-refractivity contribution is 5.91. The summed E-state index contributed by atoms with van der Waals surface area (Å²) in [6.07, 6.45) is 6.59. The van der Waals surface area contributed by atoms with Crippen LogP contribution in [-0.2, 0) is 4.79 Å². The highest BCUT2D eigenvalue weighted by atomic mass is 19.1. The number of fused-ring (bicyclic) bond motifs is 1. The van der Waals surface area contributed by atoms with E-state index in [1.165, 1.54) is 19.5 Å². The van der Waals surface area contributed by atoms with Crippen molar-refractivity contribution < 1.29 is 23.9 Å². The minimum Gasteiger partial charge on any atom is -0.491 e. The summed E-state index contributed by atoms with van der Waals surface area (Å²) < 4.78 is 25.1. The predicted molar refractivity (Wildman–Crippen MR) is 113 cm³/mol. The van der Waals surface area contributed by atoms with Gasteiger partial charge in [0.05, 0.1) is 13.7 Å². The van der Waals surface area contributed by atoms with Crippen molar-refractivity contribution in [3.63, 3.8) is 0 Å². The number of methoxy groups -OCH3 is 1. The number of carbonyl (C=O) groups excluding carboxylic acids is 1. The third-order valence-corrected chi connectivity index (χ3v) is 4.92. The Morgan fingerprint density at radius 3 is 2.65 bits per heavy atom. The van der Waals surface area contributed by atoms with Gasteiger partial charge in [-0.25, -0.2) is 24.8 Å². The number of amides is 1. The molecule has 0 spiro atoms. The fourth-order valence-electron chi connectivity index (χ4n) is 3.25.